The van der Waals surface area contributed by atoms with E-state index in [1.165, 1.54) is 0 Å². The van der Waals surface area contributed by atoms with Gasteiger partial charge in [-0.25, -0.2) is 4.98 Å². The zero-order valence-electron chi connectivity index (χ0n) is 6.87. The van der Waals surface area contributed by atoms with Gasteiger partial charge >= 0.3 is 0 Å². The maximum Gasteiger partial charge on any atom is 0.253 e. The van der Waals surface area contributed by atoms with Crippen molar-refractivity contribution in [2.24, 2.45) is 0 Å². The number of H-pyrrole nitrogens is 1. The third-order valence-electron chi connectivity index (χ3n) is 1.88. The third kappa shape index (κ3) is 1.01. The van der Waals surface area contributed by atoms with Crippen LogP contribution >= 0.6 is 0 Å². The van der Waals surface area contributed by atoms with Gasteiger partial charge in [0.2, 0.25) is 0 Å². The lowest BCUT2D eigenvalue weighted by Crippen LogP contribution is -2.02. The van der Waals surface area contributed by atoms with E-state index in [0.29, 0.717) is 0 Å². The van der Waals surface area contributed by atoms with Crippen LogP contribution in [0.2, 0.25) is 0 Å². The summed E-state index contributed by atoms with van der Waals surface area (Å²) in [6, 6.07) is 10.00. The molecule has 0 saturated carbocycles. The molecule has 1 aromatic heterocycles. The van der Waals surface area contributed by atoms with Gasteiger partial charge in [-0.15, -0.1) is 0 Å². The Kier molecular flexibility index (Phi) is 1.67. The fraction of sp³-hybridized carbons (Fsp3) is 0.100. The van der Waals surface area contributed by atoms with Gasteiger partial charge in [0.25, 0.3) is 5.52 Å². The summed E-state index contributed by atoms with van der Waals surface area (Å²) in [7, 11) is 1.68. The van der Waals surface area contributed by atoms with Crippen molar-refractivity contribution in [1.82, 2.24) is 0 Å². The van der Waals surface area contributed by atoms with Crippen LogP contribution in [0.3, 0.4) is 0 Å². The van der Waals surface area contributed by atoms with E-state index in [9.17, 15) is 0 Å². The number of fused-ring (bicyclic) bond motifs is 1. The van der Waals surface area contributed by atoms with Crippen LogP contribution < -0.4 is 9.72 Å². The van der Waals surface area contributed by atoms with Crippen LogP contribution in [0.15, 0.2) is 36.5 Å². The van der Waals surface area contributed by atoms with Crippen LogP contribution in [-0.4, -0.2) is 7.11 Å². The van der Waals surface area contributed by atoms with E-state index in [1.54, 1.807) is 7.11 Å². The molecule has 0 unspecified atom stereocenters. The number of ether oxygens (including phenoxy) is 1. The highest BCUT2D eigenvalue weighted by Crippen LogP contribution is 2.19. The van der Waals surface area contributed by atoms with Gasteiger partial charge in [0, 0.05) is 6.07 Å². The number of benzene rings is 1. The van der Waals surface area contributed by atoms with Gasteiger partial charge in [0.1, 0.15) is 0 Å². The Balaban J connectivity index is 2.79. The Labute approximate surface area is 70.8 Å². The molecule has 0 radical (unpaired) electrons. The van der Waals surface area contributed by atoms with E-state index >= 15 is 0 Å². The molecule has 1 N–H and O–H groups in total. The number of hydrogen-bond donors (Lipinski definition) is 0. The largest absolute Gasteiger partial charge is 0.490 e. The number of rotatable bonds is 1. The average molecular weight is 160 g/mol. The monoisotopic (exact) mass is 160 g/mol. The zero-order chi connectivity index (χ0) is 8.39. The Hall–Kier alpha value is -1.57. The molecule has 0 amide bonds. The number of methoxy groups -OCH3 is 1. The van der Waals surface area contributed by atoms with Crippen LogP contribution in [-0.2, 0) is 0 Å². The molecule has 0 fully saturated rings. The first-order valence-corrected chi connectivity index (χ1v) is 3.85. The maximum atomic E-state index is 5.20. The molecule has 1 heterocycles. The molecule has 1 aromatic carbocycles. The van der Waals surface area contributed by atoms with E-state index < -0.39 is 0 Å². The molecule has 60 valence electrons. The van der Waals surface area contributed by atoms with Crippen molar-refractivity contribution in [2.75, 3.05) is 7.11 Å². The molecule has 12 heavy (non-hydrogen) atoms. The predicted molar refractivity (Wildman–Crippen MR) is 47.1 cm³/mol. The maximum absolute atomic E-state index is 5.20. The summed E-state index contributed by atoms with van der Waals surface area (Å²) in [6.07, 6.45) is 1.89. The SMILES string of the molecule is COc1cccc2ccc[nH+]c12. The van der Waals surface area contributed by atoms with Crippen molar-refractivity contribution >= 4 is 10.9 Å². The second-order valence-corrected chi connectivity index (χ2v) is 2.59. The van der Waals surface area contributed by atoms with Crippen LogP contribution in [0.4, 0.5) is 0 Å². The van der Waals surface area contributed by atoms with Crippen molar-refractivity contribution in [2.45, 2.75) is 0 Å². The molecule has 0 bridgehead atoms. The first-order valence-electron chi connectivity index (χ1n) is 3.85. The fourth-order valence-electron chi connectivity index (χ4n) is 1.29. The highest BCUT2D eigenvalue weighted by atomic mass is 16.5. The van der Waals surface area contributed by atoms with Gasteiger partial charge in [0.05, 0.1) is 12.5 Å². The fourth-order valence-corrected chi connectivity index (χ4v) is 1.29. The summed E-state index contributed by atoms with van der Waals surface area (Å²) in [6.45, 7) is 0. The van der Waals surface area contributed by atoms with Crippen molar-refractivity contribution < 1.29 is 9.72 Å². The standard InChI is InChI=1S/C10H9NO/c1-12-9-6-2-4-8-5-3-7-11-10(8)9/h2-7H,1H3/p+1. The minimum Gasteiger partial charge on any atom is -0.490 e. The minimum atomic E-state index is 0.883. The van der Waals surface area contributed by atoms with Gasteiger partial charge in [-0.05, 0) is 18.2 Å². The van der Waals surface area contributed by atoms with E-state index in [4.69, 9.17) is 4.74 Å². The Bertz CT molecular complexity index is 392. The van der Waals surface area contributed by atoms with Crippen molar-refractivity contribution in [3.05, 3.63) is 36.5 Å². The molecular formula is C10H10NO+. The Morgan fingerprint density at radius 2 is 2.00 bits per heavy atom. The normalized spacial score (nSPS) is 10.1. The van der Waals surface area contributed by atoms with Gasteiger partial charge < -0.3 is 4.74 Å². The van der Waals surface area contributed by atoms with Crippen molar-refractivity contribution in [3.8, 4) is 5.75 Å². The summed E-state index contributed by atoms with van der Waals surface area (Å²) in [5, 5.41) is 1.16. The van der Waals surface area contributed by atoms with Gasteiger partial charge in [-0.3, -0.25) is 0 Å². The molecule has 0 aliphatic heterocycles. The minimum absolute atomic E-state index is 0.883. The third-order valence-corrected chi connectivity index (χ3v) is 1.88. The molecule has 0 saturated heterocycles. The number of nitrogens with one attached hydrogen (secondary N) is 1. The van der Waals surface area contributed by atoms with Crippen LogP contribution in [0.25, 0.3) is 10.9 Å². The summed E-state index contributed by atoms with van der Waals surface area (Å²) in [4.78, 5) is 3.15. The van der Waals surface area contributed by atoms with Crippen molar-refractivity contribution in [1.29, 1.82) is 0 Å². The molecule has 0 atom stereocenters. The zero-order valence-corrected chi connectivity index (χ0v) is 6.87. The molecule has 0 aliphatic rings. The first kappa shape index (κ1) is 7.10. The lowest BCUT2D eigenvalue weighted by atomic mass is 10.2. The number of aromatic amines is 1. The van der Waals surface area contributed by atoms with E-state index in [0.717, 1.165) is 16.7 Å². The molecule has 2 heteroatoms. The number of para-hydroxylation sites is 1. The second kappa shape index (κ2) is 2.81. The summed E-state index contributed by atoms with van der Waals surface area (Å²) >= 11 is 0. The van der Waals surface area contributed by atoms with E-state index in [1.807, 2.05) is 36.5 Å². The molecule has 2 rings (SSSR count). The highest BCUT2D eigenvalue weighted by molar-refractivity contribution is 5.80. The highest BCUT2D eigenvalue weighted by Gasteiger charge is 2.04. The van der Waals surface area contributed by atoms with Crippen LogP contribution in [0.1, 0.15) is 0 Å². The van der Waals surface area contributed by atoms with Crippen LogP contribution in [0.5, 0.6) is 5.75 Å². The first-order chi connectivity index (χ1) is 5.92. The molecule has 0 aliphatic carbocycles. The lowest BCUT2D eigenvalue weighted by molar-refractivity contribution is -0.345. The molecule has 0 spiro atoms. The number of pyridine rings is 1. The average Bonchev–Trinajstić information content (AvgIpc) is 2.17. The van der Waals surface area contributed by atoms with Gasteiger partial charge in [-0.2, -0.15) is 0 Å². The smallest absolute Gasteiger partial charge is 0.253 e. The quantitative estimate of drug-likeness (QED) is 0.622. The number of hydrogen-bond acceptors (Lipinski definition) is 1. The summed E-state index contributed by atoms with van der Waals surface area (Å²) < 4.78 is 5.20. The molecule has 2 aromatic rings. The van der Waals surface area contributed by atoms with Crippen molar-refractivity contribution in [3.63, 3.8) is 0 Å². The van der Waals surface area contributed by atoms with Crippen LogP contribution in [0, 0.1) is 0 Å². The van der Waals surface area contributed by atoms with E-state index in [2.05, 4.69) is 4.98 Å². The van der Waals surface area contributed by atoms with Gasteiger partial charge in [-0.1, -0.05) is 6.07 Å². The lowest BCUT2D eigenvalue weighted by Gasteiger charge is -1.97. The number of aromatic nitrogens is 1. The van der Waals surface area contributed by atoms with E-state index in [-0.39, 0.29) is 0 Å². The summed E-state index contributed by atoms with van der Waals surface area (Å²) in [5.74, 6) is 0.883. The second-order valence-electron chi connectivity index (χ2n) is 2.59. The Morgan fingerprint density at radius 3 is 2.83 bits per heavy atom. The van der Waals surface area contributed by atoms with Gasteiger partial charge in [0.15, 0.2) is 11.9 Å². The molecular weight excluding hydrogens is 150 g/mol. The summed E-state index contributed by atoms with van der Waals surface area (Å²) in [5.41, 5.74) is 1.04. The Morgan fingerprint density at radius 1 is 1.17 bits per heavy atom. The molecule has 2 nitrogen and oxygen atoms in total. The predicted octanol–water partition coefficient (Wildman–Crippen LogP) is 1.66. The topological polar surface area (TPSA) is 23.4 Å².